The van der Waals surface area contributed by atoms with E-state index < -0.39 is 5.91 Å². The molecule has 0 fully saturated rings. The normalized spacial score (nSPS) is 10.1. The zero-order valence-corrected chi connectivity index (χ0v) is 10.2. The Kier molecular flexibility index (Phi) is 3.23. The third kappa shape index (κ3) is 2.15. The van der Waals surface area contributed by atoms with Crippen molar-refractivity contribution in [3.05, 3.63) is 42.0 Å². The number of aromatic nitrogens is 2. The summed E-state index contributed by atoms with van der Waals surface area (Å²) in [6.07, 6.45) is 3.24. The summed E-state index contributed by atoms with van der Waals surface area (Å²) >= 11 is 0. The molecule has 0 unspecified atom stereocenters. The van der Waals surface area contributed by atoms with Crippen LogP contribution in [0.15, 0.2) is 30.6 Å². The minimum atomic E-state index is -0.612. The lowest BCUT2D eigenvalue weighted by atomic mass is 10.0. The Morgan fingerprint density at radius 2 is 2.00 bits per heavy atom. The van der Waals surface area contributed by atoms with E-state index in [1.807, 2.05) is 19.1 Å². The minimum Gasteiger partial charge on any atom is -0.494 e. The Balaban J connectivity index is 2.64. The third-order valence-corrected chi connectivity index (χ3v) is 2.55. The fourth-order valence-electron chi connectivity index (χ4n) is 1.77. The van der Waals surface area contributed by atoms with Gasteiger partial charge >= 0.3 is 0 Å². The molecule has 0 spiro atoms. The molecule has 2 aromatic heterocycles. The van der Waals surface area contributed by atoms with E-state index in [9.17, 15) is 4.79 Å². The zero-order chi connectivity index (χ0) is 13.1. The van der Waals surface area contributed by atoms with Crippen molar-refractivity contribution < 1.29 is 9.53 Å². The Morgan fingerprint density at radius 1 is 1.28 bits per heavy atom. The second-order valence-electron chi connectivity index (χ2n) is 3.79. The largest absolute Gasteiger partial charge is 0.494 e. The van der Waals surface area contributed by atoms with E-state index in [1.54, 1.807) is 12.3 Å². The van der Waals surface area contributed by atoms with Crippen LogP contribution < -0.4 is 10.5 Å². The lowest BCUT2D eigenvalue weighted by Crippen LogP contribution is -2.14. The zero-order valence-electron chi connectivity index (χ0n) is 10.2. The van der Waals surface area contributed by atoms with Crippen LogP contribution in [0.2, 0.25) is 0 Å². The topological polar surface area (TPSA) is 78.1 Å². The van der Waals surface area contributed by atoms with Gasteiger partial charge in [0, 0.05) is 23.7 Å². The fourth-order valence-corrected chi connectivity index (χ4v) is 1.77. The summed E-state index contributed by atoms with van der Waals surface area (Å²) in [5.74, 6) is -0.227. The molecule has 5 nitrogen and oxygen atoms in total. The Bertz CT molecular complexity index is 597. The van der Waals surface area contributed by atoms with Crippen LogP contribution >= 0.6 is 0 Å². The molecule has 5 heteroatoms. The van der Waals surface area contributed by atoms with Crippen molar-refractivity contribution in [3.63, 3.8) is 0 Å². The monoisotopic (exact) mass is 243 g/mol. The number of aryl methyl sites for hydroxylation is 1. The van der Waals surface area contributed by atoms with Gasteiger partial charge in [-0.3, -0.25) is 9.78 Å². The lowest BCUT2D eigenvalue weighted by Gasteiger charge is -2.11. The molecule has 92 valence electrons. The Morgan fingerprint density at radius 3 is 2.61 bits per heavy atom. The van der Waals surface area contributed by atoms with E-state index in [0.717, 1.165) is 16.8 Å². The van der Waals surface area contributed by atoms with Crippen LogP contribution in [0.5, 0.6) is 5.75 Å². The molecule has 0 bridgehead atoms. The lowest BCUT2D eigenvalue weighted by molar-refractivity contribution is 0.0992. The number of hydrogen-bond donors (Lipinski definition) is 1. The molecule has 0 saturated carbocycles. The van der Waals surface area contributed by atoms with Gasteiger partial charge in [0.2, 0.25) is 0 Å². The molecular formula is C13H13N3O2. The van der Waals surface area contributed by atoms with Gasteiger partial charge in [0.05, 0.1) is 7.11 Å². The highest BCUT2D eigenvalue weighted by molar-refractivity contribution is 5.96. The van der Waals surface area contributed by atoms with Crippen molar-refractivity contribution in [2.75, 3.05) is 7.11 Å². The molecule has 0 aromatic carbocycles. The molecule has 2 N–H and O–H groups in total. The van der Waals surface area contributed by atoms with Crippen LogP contribution in [0.4, 0.5) is 0 Å². The highest BCUT2D eigenvalue weighted by atomic mass is 16.5. The first-order valence-electron chi connectivity index (χ1n) is 5.39. The maximum atomic E-state index is 11.3. The number of methoxy groups -OCH3 is 1. The predicted molar refractivity (Wildman–Crippen MR) is 67.3 cm³/mol. The van der Waals surface area contributed by atoms with Crippen LogP contribution in [0.25, 0.3) is 11.1 Å². The first-order chi connectivity index (χ1) is 8.63. The fraction of sp³-hybridized carbons (Fsp3) is 0.154. The van der Waals surface area contributed by atoms with E-state index in [-0.39, 0.29) is 5.69 Å². The van der Waals surface area contributed by atoms with Gasteiger partial charge in [-0.05, 0) is 30.7 Å². The van der Waals surface area contributed by atoms with Crippen LogP contribution in [0, 0.1) is 6.92 Å². The number of nitrogens with zero attached hydrogens (tertiary/aromatic N) is 2. The number of carbonyl (C=O) groups is 1. The average molecular weight is 243 g/mol. The number of primary amides is 1. The van der Waals surface area contributed by atoms with Crippen LogP contribution in [0.1, 0.15) is 16.2 Å². The summed E-state index contributed by atoms with van der Waals surface area (Å²) < 4.78 is 5.25. The van der Waals surface area contributed by atoms with E-state index in [2.05, 4.69) is 9.97 Å². The van der Waals surface area contributed by atoms with Crippen LogP contribution in [-0.4, -0.2) is 23.0 Å². The van der Waals surface area contributed by atoms with Gasteiger partial charge < -0.3 is 10.5 Å². The molecule has 2 aromatic rings. The van der Waals surface area contributed by atoms with Gasteiger partial charge in [0.1, 0.15) is 0 Å². The highest BCUT2D eigenvalue weighted by Crippen LogP contribution is 2.31. The highest BCUT2D eigenvalue weighted by Gasteiger charge is 2.16. The number of ether oxygens (including phenoxy) is 1. The quantitative estimate of drug-likeness (QED) is 0.887. The molecule has 0 aliphatic heterocycles. The van der Waals surface area contributed by atoms with E-state index in [1.165, 1.54) is 13.3 Å². The second kappa shape index (κ2) is 4.83. The standard InChI is InChI=1S/C13H13N3O2/c1-8-7-9(3-5-15-8)10-4-6-16-11(13(14)17)12(10)18-2/h3-7H,1-2H3,(H2,14,17). The summed E-state index contributed by atoms with van der Waals surface area (Å²) in [4.78, 5) is 19.4. The average Bonchev–Trinajstić information content (AvgIpc) is 2.37. The molecule has 0 aliphatic carbocycles. The second-order valence-corrected chi connectivity index (χ2v) is 3.79. The van der Waals surface area contributed by atoms with Gasteiger partial charge in [-0.15, -0.1) is 0 Å². The van der Waals surface area contributed by atoms with Gasteiger partial charge in [-0.25, -0.2) is 4.98 Å². The third-order valence-electron chi connectivity index (χ3n) is 2.55. The molecule has 0 atom stereocenters. The summed E-state index contributed by atoms with van der Waals surface area (Å²) in [5, 5.41) is 0. The molecule has 1 amide bonds. The number of amides is 1. The van der Waals surface area contributed by atoms with Crippen molar-refractivity contribution in [2.24, 2.45) is 5.73 Å². The molecule has 2 heterocycles. The van der Waals surface area contributed by atoms with Gasteiger partial charge in [0.25, 0.3) is 5.91 Å². The maximum absolute atomic E-state index is 11.3. The van der Waals surface area contributed by atoms with E-state index in [4.69, 9.17) is 10.5 Å². The smallest absolute Gasteiger partial charge is 0.271 e. The summed E-state index contributed by atoms with van der Waals surface area (Å²) in [7, 11) is 1.49. The predicted octanol–water partition coefficient (Wildman–Crippen LogP) is 1.56. The van der Waals surface area contributed by atoms with E-state index in [0.29, 0.717) is 5.75 Å². The van der Waals surface area contributed by atoms with Gasteiger partial charge in [0.15, 0.2) is 11.4 Å². The van der Waals surface area contributed by atoms with Crippen molar-refractivity contribution in [1.29, 1.82) is 0 Å². The number of rotatable bonds is 3. The number of hydrogen-bond acceptors (Lipinski definition) is 4. The maximum Gasteiger partial charge on any atom is 0.271 e. The Labute approximate surface area is 105 Å². The minimum absolute atomic E-state index is 0.129. The molecule has 2 rings (SSSR count). The number of nitrogens with two attached hydrogens (primary N) is 1. The molecule has 0 saturated heterocycles. The molecular weight excluding hydrogens is 230 g/mol. The summed E-state index contributed by atoms with van der Waals surface area (Å²) in [6, 6.07) is 5.53. The van der Waals surface area contributed by atoms with Crippen molar-refractivity contribution in [2.45, 2.75) is 6.92 Å². The van der Waals surface area contributed by atoms with Gasteiger partial charge in [-0.1, -0.05) is 0 Å². The van der Waals surface area contributed by atoms with Crippen molar-refractivity contribution >= 4 is 5.91 Å². The number of carbonyl (C=O) groups excluding carboxylic acids is 1. The molecule has 0 radical (unpaired) electrons. The van der Waals surface area contributed by atoms with Crippen molar-refractivity contribution in [3.8, 4) is 16.9 Å². The van der Waals surface area contributed by atoms with E-state index >= 15 is 0 Å². The molecule has 0 aliphatic rings. The summed E-state index contributed by atoms with van der Waals surface area (Å²) in [6.45, 7) is 1.90. The van der Waals surface area contributed by atoms with Crippen LogP contribution in [-0.2, 0) is 0 Å². The SMILES string of the molecule is COc1c(-c2ccnc(C)c2)ccnc1C(N)=O. The van der Waals surface area contributed by atoms with Crippen LogP contribution in [0.3, 0.4) is 0 Å². The first-order valence-corrected chi connectivity index (χ1v) is 5.39. The first kappa shape index (κ1) is 12.0. The summed E-state index contributed by atoms with van der Waals surface area (Å²) in [5.41, 5.74) is 7.96. The Hall–Kier alpha value is -2.43. The van der Waals surface area contributed by atoms with Gasteiger partial charge in [-0.2, -0.15) is 0 Å². The molecule has 18 heavy (non-hydrogen) atoms. The van der Waals surface area contributed by atoms with Crippen molar-refractivity contribution in [1.82, 2.24) is 9.97 Å². The number of pyridine rings is 2.